The SMILES string of the molecule is CCC(NCc1[nH]c2ccccc2c1Cl)c1ccccc1. The van der Waals surface area contributed by atoms with Gasteiger partial charge in [0.1, 0.15) is 0 Å². The van der Waals surface area contributed by atoms with Crippen LogP contribution >= 0.6 is 11.6 Å². The number of para-hydroxylation sites is 1. The van der Waals surface area contributed by atoms with Gasteiger partial charge in [-0.15, -0.1) is 0 Å². The maximum absolute atomic E-state index is 6.46. The number of hydrogen-bond donors (Lipinski definition) is 2. The zero-order valence-corrected chi connectivity index (χ0v) is 12.8. The van der Waals surface area contributed by atoms with Crippen LogP contribution in [0.2, 0.25) is 5.02 Å². The molecule has 21 heavy (non-hydrogen) atoms. The Kier molecular flexibility index (Phi) is 4.28. The lowest BCUT2D eigenvalue weighted by atomic mass is 10.0. The average Bonchev–Trinajstić information content (AvgIpc) is 2.86. The van der Waals surface area contributed by atoms with Crippen LogP contribution in [0.4, 0.5) is 0 Å². The first-order valence-corrected chi connectivity index (χ1v) is 7.70. The molecule has 0 spiro atoms. The fourth-order valence-electron chi connectivity index (χ4n) is 2.69. The van der Waals surface area contributed by atoms with E-state index in [1.54, 1.807) is 0 Å². The van der Waals surface area contributed by atoms with Gasteiger partial charge in [0, 0.05) is 29.2 Å². The summed E-state index contributed by atoms with van der Waals surface area (Å²) in [5, 5.41) is 5.50. The van der Waals surface area contributed by atoms with Gasteiger partial charge in [-0.3, -0.25) is 0 Å². The van der Waals surface area contributed by atoms with E-state index in [2.05, 4.69) is 47.6 Å². The van der Waals surface area contributed by atoms with Crippen molar-refractivity contribution < 1.29 is 0 Å². The van der Waals surface area contributed by atoms with Crippen molar-refractivity contribution in [3.8, 4) is 0 Å². The van der Waals surface area contributed by atoms with Crippen molar-refractivity contribution in [3.05, 3.63) is 70.9 Å². The Labute approximate surface area is 130 Å². The molecule has 0 bridgehead atoms. The van der Waals surface area contributed by atoms with Gasteiger partial charge >= 0.3 is 0 Å². The number of hydrogen-bond acceptors (Lipinski definition) is 1. The quantitative estimate of drug-likeness (QED) is 0.677. The largest absolute Gasteiger partial charge is 0.356 e. The standard InChI is InChI=1S/C18H19ClN2/c1-2-15(13-8-4-3-5-9-13)20-12-17-18(19)14-10-6-7-11-16(14)21-17/h3-11,15,20-21H,2,12H2,1H3. The molecule has 3 aromatic rings. The van der Waals surface area contributed by atoms with Crippen LogP contribution in [0.3, 0.4) is 0 Å². The van der Waals surface area contributed by atoms with Crippen molar-refractivity contribution in [2.24, 2.45) is 0 Å². The second kappa shape index (κ2) is 6.33. The summed E-state index contributed by atoms with van der Waals surface area (Å²) in [6.45, 7) is 2.93. The number of halogens is 1. The molecule has 1 aromatic heterocycles. The summed E-state index contributed by atoms with van der Waals surface area (Å²) < 4.78 is 0. The molecule has 0 aliphatic heterocycles. The highest BCUT2D eigenvalue weighted by Crippen LogP contribution is 2.27. The summed E-state index contributed by atoms with van der Waals surface area (Å²) in [4.78, 5) is 3.40. The summed E-state index contributed by atoms with van der Waals surface area (Å²) in [5.41, 5.74) is 3.45. The summed E-state index contributed by atoms with van der Waals surface area (Å²) in [5.74, 6) is 0. The molecule has 0 saturated heterocycles. The lowest BCUT2D eigenvalue weighted by Gasteiger charge is -2.17. The van der Waals surface area contributed by atoms with Gasteiger partial charge in [-0.1, -0.05) is 67.1 Å². The van der Waals surface area contributed by atoms with E-state index in [1.807, 2.05) is 24.3 Å². The maximum atomic E-state index is 6.46. The van der Waals surface area contributed by atoms with Crippen LogP contribution in [0.5, 0.6) is 0 Å². The van der Waals surface area contributed by atoms with Crippen molar-refractivity contribution in [2.45, 2.75) is 25.9 Å². The summed E-state index contributed by atoms with van der Waals surface area (Å²) >= 11 is 6.46. The van der Waals surface area contributed by atoms with Crippen molar-refractivity contribution >= 4 is 22.5 Å². The molecule has 1 unspecified atom stereocenters. The van der Waals surface area contributed by atoms with E-state index in [1.165, 1.54) is 5.56 Å². The highest BCUT2D eigenvalue weighted by Gasteiger charge is 2.12. The second-order valence-electron chi connectivity index (χ2n) is 5.22. The molecular weight excluding hydrogens is 280 g/mol. The summed E-state index contributed by atoms with van der Waals surface area (Å²) in [6.07, 6.45) is 1.04. The Hall–Kier alpha value is -1.77. The first kappa shape index (κ1) is 14.2. The van der Waals surface area contributed by atoms with Crippen LogP contribution < -0.4 is 5.32 Å². The Bertz CT molecular complexity index is 718. The van der Waals surface area contributed by atoms with Gasteiger partial charge in [0.15, 0.2) is 0 Å². The van der Waals surface area contributed by atoms with Crippen LogP contribution in [0.15, 0.2) is 54.6 Å². The molecule has 2 aromatic carbocycles. The van der Waals surface area contributed by atoms with Gasteiger partial charge in [0.05, 0.1) is 5.02 Å². The molecule has 0 fully saturated rings. The number of aromatic nitrogens is 1. The van der Waals surface area contributed by atoms with E-state index in [4.69, 9.17) is 11.6 Å². The van der Waals surface area contributed by atoms with Crippen LogP contribution in [0.1, 0.15) is 30.6 Å². The number of benzene rings is 2. The van der Waals surface area contributed by atoms with Gasteiger partial charge < -0.3 is 10.3 Å². The zero-order chi connectivity index (χ0) is 14.7. The minimum absolute atomic E-state index is 0.341. The van der Waals surface area contributed by atoms with Crippen LogP contribution in [-0.4, -0.2) is 4.98 Å². The Morgan fingerprint density at radius 1 is 1.05 bits per heavy atom. The predicted octanol–water partition coefficient (Wildman–Crippen LogP) is 5.06. The summed E-state index contributed by atoms with van der Waals surface area (Å²) in [7, 11) is 0. The molecule has 0 saturated carbocycles. The molecule has 0 amide bonds. The smallest absolute Gasteiger partial charge is 0.0705 e. The van der Waals surface area contributed by atoms with E-state index >= 15 is 0 Å². The number of fused-ring (bicyclic) bond motifs is 1. The molecule has 0 radical (unpaired) electrons. The predicted molar refractivity (Wildman–Crippen MR) is 89.6 cm³/mol. The van der Waals surface area contributed by atoms with Gasteiger partial charge in [-0.25, -0.2) is 0 Å². The number of aromatic amines is 1. The molecule has 2 nitrogen and oxygen atoms in total. The lowest BCUT2D eigenvalue weighted by Crippen LogP contribution is -2.20. The van der Waals surface area contributed by atoms with Gasteiger partial charge in [-0.05, 0) is 18.1 Å². The summed E-state index contributed by atoms with van der Waals surface area (Å²) in [6, 6.07) is 19.0. The second-order valence-corrected chi connectivity index (χ2v) is 5.59. The Balaban J connectivity index is 1.78. The third kappa shape index (κ3) is 2.97. The molecule has 1 atom stereocenters. The van der Waals surface area contributed by atoms with E-state index in [-0.39, 0.29) is 0 Å². The molecule has 1 heterocycles. The highest BCUT2D eigenvalue weighted by atomic mass is 35.5. The minimum atomic E-state index is 0.341. The maximum Gasteiger partial charge on any atom is 0.0705 e. The normalized spacial score (nSPS) is 12.7. The topological polar surface area (TPSA) is 27.8 Å². The zero-order valence-electron chi connectivity index (χ0n) is 12.1. The first-order chi connectivity index (χ1) is 10.3. The molecule has 3 heteroatoms. The highest BCUT2D eigenvalue weighted by molar-refractivity contribution is 6.36. The van der Waals surface area contributed by atoms with Crippen molar-refractivity contribution in [1.82, 2.24) is 10.3 Å². The van der Waals surface area contributed by atoms with Crippen molar-refractivity contribution in [1.29, 1.82) is 0 Å². The number of nitrogens with one attached hydrogen (secondary N) is 2. The van der Waals surface area contributed by atoms with Crippen LogP contribution in [0, 0.1) is 0 Å². The fraction of sp³-hybridized carbons (Fsp3) is 0.222. The third-order valence-electron chi connectivity index (χ3n) is 3.85. The van der Waals surface area contributed by atoms with Gasteiger partial charge in [0.25, 0.3) is 0 Å². The number of rotatable bonds is 5. The monoisotopic (exact) mass is 298 g/mol. The Morgan fingerprint density at radius 2 is 1.76 bits per heavy atom. The lowest BCUT2D eigenvalue weighted by molar-refractivity contribution is 0.515. The van der Waals surface area contributed by atoms with Crippen LogP contribution in [-0.2, 0) is 6.54 Å². The Morgan fingerprint density at radius 3 is 2.48 bits per heavy atom. The first-order valence-electron chi connectivity index (χ1n) is 7.33. The molecule has 0 aliphatic carbocycles. The van der Waals surface area contributed by atoms with Crippen molar-refractivity contribution in [3.63, 3.8) is 0 Å². The molecule has 108 valence electrons. The van der Waals surface area contributed by atoms with E-state index in [9.17, 15) is 0 Å². The van der Waals surface area contributed by atoms with E-state index in [0.29, 0.717) is 6.04 Å². The molecule has 3 rings (SSSR count). The van der Waals surface area contributed by atoms with E-state index in [0.717, 1.165) is 34.6 Å². The van der Waals surface area contributed by atoms with Gasteiger partial charge in [0.2, 0.25) is 0 Å². The average molecular weight is 299 g/mol. The number of H-pyrrole nitrogens is 1. The minimum Gasteiger partial charge on any atom is -0.356 e. The van der Waals surface area contributed by atoms with Crippen molar-refractivity contribution in [2.75, 3.05) is 0 Å². The van der Waals surface area contributed by atoms with Crippen LogP contribution in [0.25, 0.3) is 10.9 Å². The third-order valence-corrected chi connectivity index (χ3v) is 4.28. The van der Waals surface area contributed by atoms with E-state index < -0.39 is 0 Å². The molecular formula is C18H19ClN2. The fourth-order valence-corrected chi connectivity index (χ4v) is 2.97. The molecule has 0 aliphatic rings. The van der Waals surface area contributed by atoms with Gasteiger partial charge in [-0.2, -0.15) is 0 Å². The molecule has 2 N–H and O–H groups in total.